The third-order valence-corrected chi connectivity index (χ3v) is 4.31. The van der Waals surface area contributed by atoms with Crippen LogP contribution in [0, 0.1) is 5.82 Å². The highest BCUT2D eigenvalue weighted by Crippen LogP contribution is 2.20. The number of nitrogens with zero attached hydrogens (tertiary/aromatic N) is 2. The molecule has 1 aliphatic rings. The molecular formula is C19H21FN2O2. The number of carbonyl (C=O) groups excluding carboxylic acids is 1. The van der Waals surface area contributed by atoms with E-state index in [1.807, 2.05) is 29.2 Å². The number of anilines is 1. The zero-order valence-corrected chi connectivity index (χ0v) is 13.7. The lowest BCUT2D eigenvalue weighted by atomic mass is 10.1. The van der Waals surface area contributed by atoms with Gasteiger partial charge in [-0.1, -0.05) is 12.1 Å². The van der Waals surface area contributed by atoms with Gasteiger partial charge in [0.2, 0.25) is 5.91 Å². The molecule has 0 aliphatic carbocycles. The highest BCUT2D eigenvalue weighted by molar-refractivity contribution is 5.79. The number of carbonyl (C=O) groups is 1. The number of rotatable bonds is 4. The van der Waals surface area contributed by atoms with Crippen molar-refractivity contribution in [1.29, 1.82) is 0 Å². The molecule has 1 amide bonds. The number of hydrogen-bond acceptors (Lipinski definition) is 3. The Morgan fingerprint density at radius 3 is 2.42 bits per heavy atom. The molecule has 0 bridgehead atoms. The van der Waals surface area contributed by atoms with E-state index in [1.165, 1.54) is 12.1 Å². The number of halogens is 1. The molecule has 4 nitrogen and oxygen atoms in total. The van der Waals surface area contributed by atoms with Crippen LogP contribution in [0.15, 0.2) is 48.5 Å². The van der Waals surface area contributed by atoms with E-state index in [1.54, 1.807) is 19.2 Å². The summed E-state index contributed by atoms with van der Waals surface area (Å²) in [6, 6.07) is 14.2. The fourth-order valence-corrected chi connectivity index (χ4v) is 2.94. The predicted octanol–water partition coefficient (Wildman–Crippen LogP) is 2.73. The standard InChI is InChI=1S/C19H21FN2O2/c1-24-18-7-5-17(6-8-18)21-9-11-22(12-10-21)19(23)14-15-3-2-4-16(20)13-15/h2-8,13H,9-12,14H2,1H3. The molecule has 0 unspecified atom stereocenters. The van der Waals surface area contributed by atoms with Crippen LogP contribution in [0.2, 0.25) is 0 Å². The number of piperazine rings is 1. The minimum atomic E-state index is -0.301. The van der Waals surface area contributed by atoms with Crippen LogP contribution in [-0.4, -0.2) is 44.1 Å². The van der Waals surface area contributed by atoms with Gasteiger partial charge in [0.15, 0.2) is 0 Å². The molecule has 1 aliphatic heterocycles. The maximum Gasteiger partial charge on any atom is 0.227 e. The topological polar surface area (TPSA) is 32.8 Å². The molecule has 1 fully saturated rings. The van der Waals surface area contributed by atoms with Crippen molar-refractivity contribution in [1.82, 2.24) is 4.90 Å². The smallest absolute Gasteiger partial charge is 0.227 e. The van der Waals surface area contributed by atoms with Gasteiger partial charge in [-0.2, -0.15) is 0 Å². The first-order valence-electron chi connectivity index (χ1n) is 8.07. The van der Waals surface area contributed by atoms with E-state index in [0.717, 1.165) is 30.1 Å². The molecule has 0 aromatic heterocycles. The van der Waals surface area contributed by atoms with Gasteiger partial charge in [0.25, 0.3) is 0 Å². The van der Waals surface area contributed by atoms with Crippen LogP contribution in [-0.2, 0) is 11.2 Å². The minimum Gasteiger partial charge on any atom is -0.497 e. The van der Waals surface area contributed by atoms with Crippen LogP contribution in [0.4, 0.5) is 10.1 Å². The first-order chi connectivity index (χ1) is 11.7. The van der Waals surface area contributed by atoms with Gasteiger partial charge < -0.3 is 14.5 Å². The highest BCUT2D eigenvalue weighted by Gasteiger charge is 2.21. The summed E-state index contributed by atoms with van der Waals surface area (Å²) in [6.07, 6.45) is 0.250. The van der Waals surface area contributed by atoms with Gasteiger partial charge in [-0.25, -0.2) is 4.39 Å². The number of ether oxygens (including phenoxy) is 1. The molecule has 3 rings (SSSR count). The van der Waals surface area contributed by atoms with Crippen LogP contribution in [0.5, 0.6) is 5.75 Å². The van der Waals surface area contributed by atoms with E-state index >= 15 is 0 Å². The Balaban J connectivity index is 1.55. The number of benzene rings is 2. The SMILES string of the molecule is COc1ccc(N2CCN(C(=O)Cc3cccc(F)c3)CC2)cc1. The Hall–Kier alpha value is -2.56. The Labute approximate surface area is 141 Å². The molecule has 2 aromatic carbocycles. The molecule has 1 saturated heterocycles. The van der Waals surface area contributed by atoms with Gasteiger partial charge in [0.1, 0.15) is 11.6 Å². The van der Waals surface area contributed by atoms with Gasteiger partial charge in [0.05, 0.1) is 13.5 Å². The lowest BCUT2D eigenvalue weighted by molar-refractivity contribution is -0.130. The average Bonchev–Trinajstić information content (AvgIpc) is 2.62. The fourth-order valence-electron chi connectivity index (χ4n) is 2.94. The first-order valence-corrected chi connectivity index (χ1v) is 8.07. The van der Waals surface area contributed by atoms with E-state index in [-0.39, 0.29) is 18.1 Å². The predicted molar refractivity (Wildman–Crippen MR) is 91.9 cm³/mol. The molecule has 0 N–H and O–H groups in total. The van der Waals surface area contributed by atoms with Crippen LogP contribution < -0.4 is 9.64 Å². The normalized spacial score (nSPS) is 14.6. The van der Waals surface area contributed by atoms with Gasteiger partial charge in [-0.15, -0.1) is 0 Å². The van der Waals surface area contributed by atoms with Gasteiger partial charge in [-0.3, -0.25) is 4.79 Å². The fraction of sp³-hybridized carbons (Fsp3) is 0.316. The summed E-state index contributed by atoms with van der Waals surface area (Å²) in [6.45, 7) is 2.95. The van der Waals surface area contributed by atoms with Crippen LogP contribution in [0.25, 0.3) is 0 Å². The maximum atomic E-state index is 13.2. The third-order valence-electron chi connectivity index (χ3n) is 4.31. The Morgan fingerprint density at radius 1 is 1.08 bits per heavy atom. The molecule has 0 atom stereocenters. The molecule has 0 radical (unpaired) electrons. The largest absolute Gasteiger partial charge is 0.497 e. The Kier molecular flexibility index (Phi) is 4.99. The van der Waals surface area contributed by atoms with E-state index in [2.05, 4.69) is 4.90 Å². The first kappa shape index (κ1) is 16.3. The van der Waals surface area contributed by atoms with Crippen molar-refractivity contribution in [2.24, 2.45) is 0 Å². The van der Waals surface area contributed by atoms with E-state index < -0.39 is 0 Å². The summed E-state index contributed by atoms with van der Waals surface area (Å²) in [5, 5.41) is 0. The van der Waals surface area contributed by atoms with Crippen molar-refractivity contribution in [3.05, 3.63) is 59.9 Å². The molecule has 2 aromatic rings. The lowest BCUT2D eigenvalue weighted by Gasteiger charge is -2.36. The molecule has 126 valence electrons. The zero-order chi connectivity index (χ0) is 16.9. The molecule has 0 saturated carbocycles. The quantitative estimate of drug-likeness (QED) is 0.865. The van der Waals surface area contributed by atoms with Crippen molar-refractivity contribution < 1.29 is 13.9 Å². The second kappa shape index (κ2) is 7.34. The number of hydrogen-bond donors (Lipinski definition) is 0. The van der Waals surface area contributed by atoms with E-state index in [9.17, 15) is 9.18 Å². The summed E-state index contributed by atoms with van der Waals surface area (Å²) in [7, 11) is 1.65. The van der Waals surface area contributed by atoms with Crippen molar-refractivity contribution in [2.45, 2.75) is 6.42 Å². The molecule has 1 heterocycles. The average molecular weight is 328 g/mol. The van der Waals surface area contributed by atoms with Crippen LogP contribution in [0.1, 0.15) is 5.56 Å². The van der Waals surface area contributed by atoms with E-state index in [0.29, 0.717) is 13.1 Å². The van der Waals surface area contributed by atoms with Gasteiger partial charge >= 0.3 is 0 Å². The summed E-state index contributed by atoms with van der Waals surface area (Å²) in [4.78, 5) is 16.5. The monoisotopic (exact) mass is 328 g/mol. The van der Waals surface area contributed by atoms with Crippen molar-refractivity contribution >= 4 is 11.6 Å². The van der Waals surface area contributed by atoms with Crippen LogP contribution in [0.3, 0.4) is 0 Å². The lowest BCUT2D eigenvalue weighted by Crippen LogP contribution is -2.49. The Bertz CT molecular complexity index is 695. The second-order valence-electron chi connectivity index (χ2n) is 5.87. The van der Waals surface area contributed by atoms with Gasteiger partial charge in [0, 0.05) is 31.9 Å². The number of methoxy groups -OCH3 is 1. The maximum absolute atomic E-state index is 13.2. The van der Waals surface area contributed by atoms with Crippen LogP contribution >= 0.6 is 0 Å². The summed E-state index contributed by atoms with van der Waals surface area (Å²) < 4.78 is 18.4. The summed E-state index contributed by atoms with van der Waals surface area (Å²) in [5.74, 6) is 0.585. The highest BCUT2D eigenvalue weighted by atomic mass is 19.1. The number of amides is 1. The molecular weight excluding hydrogens is 307 g/mol. The minimum absolute atomic E-state index is 0.0509. The third kappa shape index (κ3) is 3.85. The molecule has 5 heteroatoms. The zero-order valence-electron chi connectivity index (χ0n) is 13.7. The summed E-state index contributed by atoms with van der Waals surface area (Å²) >= 11 is 0. The summed E-state index contributed by atoms with van der Waals surface area (Å²) in [5.41, 5.74) is 1.85. The molecule has 0 spiro atoms. The van der Waals surface area contributed by atoms with E-state index in [4.69, 9.17) is 4.74 Å². The van der Waals surface area contributed by atoms with Crippen molar-refractivity contribution in [3.63, 3.8) is 0 Å². The molecule has 24 heavy (non-hydrogen) atoms. The Morgan fingerprint density at radius 2 is 1.79 bits per heavy atom. The second-order valence-corrected chi connectivity index (χ2v) is 5.87. The van der Waals surface area contributed by atoms with Crippen molar-refractivity contribution in [3.8, 4) is 5.75 Å². The van der Waals surface area contributed by atoms with Gasteiger partial charge in [-0.05, 0) is 42.0 Å². The van der Waals surface area contributed by atoms with Crippen molar-refractivity contribution in [2.75, 3.05) is 38.2 Å².